The Bertz CT molecular complexity index is 421. The molecular weight excluding hydrogens is 252 g/mol. The zero-order valence-electron chi connectivity index (χ0n) is 10.4. The highest BCUT2D eigenvalue weighted by Crippen LogP contribution is 2.17. The lowest BCUT2D eigenvalue weighted by atomic mass is 10.0. The molecule has 1 aliphatic heterocycles. The van der Waals surface area contributed by atoms with Gasteiger partial charge in [0, 0.05) is 25.2 Å². The predicted octanol–water partition coefficient (Wildman–Crippen LogP) is 1.40. The molecule has 0 aliphatic carbocycles. The highest BCUT2D eigenvalue weighted by Gasteiger charge is 2.27. The maximum Gasteiger partial charge on any atom is 0.228 e. The van der Waals surface area contributed by atoms with Crippen molar-refractivity contribution in [1.82, 2.24) is 10.2 Å². The number of nitrogens with zero attached hydrogens (tertiary/aromatic N) is 1. The van der Waals surface area contributed by atoms with E-state index >= 15 is 0 Å². The van der Waals surface area contributed by atoms with Crippen LogP contribution in [0.1, 0.15) is 0 Å². The van der Waals surface area contributed by atoms with Crippen LogP contribution in [0, 0.1) is 5.92 Å². The zero-order chi connectivity index (χ0) is 13.0. The number of amides is 1. The lowest BCUT2D eigenvalue weighted by molar-refractivity contribution is -0.136. The first kappa shape index (κ1) is 13.2. The second-order valence-electron chi connectivity index (χ2n) is 4.42. The summed E-state index contributed by atoms with van der Waals surface area (Å²) >= 11 is 5.85. The molecule has 0 aromatic heterocycles. The summed E-state index contributed by atoms with van der Waals surface area (Å²) in [7, 11) is 1.81. The lowest BCUT2D eigenvalue weighted by Gasteiger charge is -2.30. The summed E-state index contributed by atoms with van der Waals surface area (Å²) in [5.41, 5.74) is 0. The van der Waals surface area contributed by atoms with Gasteiger partial charge in [0.15, 0.2) is 0 Å². The van der Waals surface area contributed by atoms with Crippen molar-refractivity contribution in [2.24, 2.45) is 5.92 Å². The van der Waals surface area contributed by atoms with Gasteiger partial charge in [0.1, 0.15) is 12.4 Å². The molecule has 2 rings (SSSR count). The number of likely N-dealkylation sites (N-methyl/N-ethyl adjacent to an activating group) is 1. The fraction of sp³-hybridized carbons (Fsp3) is 0.462. The summed E-state index contributed by atoms with van der Waals surface area (Å²) in [4.78, 5) is 13.5. The van der Waals surface area contributed by atoms with Crippen LogP contribution in [0.5, 0.6) is 5.75 Å². The number of carbonyl (C=O) groups excluding carboxylic acids is 1. The van der Waals surface area contributed by atoms with Crippen molar-refractivity contribution in [3.63, 3.8) is 0 Å². The van der Waals surface area contributed by atoms with E-state index in [-0.39, 0.29) is 11.8 Å². The molecular formula is C13H17ClN2O2. The van der Waals surface area contributed by atoms with Crippen molar-refractivity contribution in [3.8, 4) is 5.75 Å². The second-order valence-corrected chi connectivity index (χ2v) is 4.86. The number of hydrogen-bond donors (Lipinski definition) is 1. The van der Waals surface area contributed by atoms with Crippen LogP contribution in [0.2, 0.25) is 5.02 Å². The summed E-state index contributed by atoms with van der Waals surface area (Å²) in [6, 6.07) is 7.25. The van der Waals surface area contributed by atoms with Gasteiger partial charge >= 0.3 is 0 Å². The first-order chi connectivity index (χ1) is 8.66. The van der Waals surface area contributed by atoms with E-state index in [0.29, 0.717) is 18.2 Å². The maximum atomic E-state index is 11.8. The Hall–Kier alpha value is -1.26. The molecule has 1 amide bonds. The van der Waals surface area contributed by atoms with Crippen molar-refractivity contribution in [3.05, 3.63) is 29.3 Å². The fourth-order valence-electron chi connectivity index (χ4n) is 1.74. The monoisotopic (exact) mass is 268 g/mol. The second kappa shape index (κ2) is 6.07. The van der Waals surface area contributed by atoms with Gasteiger partial charge in [0.25, 0.3) is 0 Å². The molecule has 1 saturated heterocycles. The third-order valence-corrected chi connectivity index (χ3v) is 3.23. The molecule has 98 valence electrons. The Labute approximate surface area is 112 Å². The van der Waals surface area contributed by atoms with E-state index in [9.17, 15) is 4.79 Å². The number of nitrogens with one attached hydrogen (secondary N) is 1. The summed E-state index contributed by atoms with van der Waals surface area (Å²) < 4.78 is 5.55. The first-order valence-electron chi connectivity index (χ1n) is 6.01. The minimum Gasteiger partial charge on any atom is -0.492 e. The number of carbonyl (C=O) groups is 1. The molecule has 0 atom stereocenters. The minimum atomic E-state index is 0.140. The summed E-state index contributed by atoms with van der Waals surface area (Å²) in [5, 5.41) is 3.74. The molecule has 4 nitrogen and oxygen atoms in total. The van der Waals surface area contributed by atoms with Crippen molar-refractivity contribution in [2.45, 2.75) is 0 Å². The Kier molecular flexibility index (Phi) is 4.44. The molecule has 0 saturated carbocycles. The van der Waals surface area contributed by atoms with Crippen LogP contribution in [0.4, 0.5) is 0 Å². The van der Waals surface area contributed by atoms with Crippen LogP contribution in [-0.2, 0) is 4.79 Å². The van der Waals surface area contributed by atoms with Gasteiger partial charge in [-0.3, -0.25) is 4.79 Å². The average molecular weight is 269 g/mol. The van der Waals surface area contributed by atoms with Crippen LogP contribution in [0.3, 0.4) is 0 Å². The molecule has 0 spiro atoms. The zero-order valence-corrected chi connectivity index (χ0v) is 11.1. The predicted molar refractivity (Wildman–Crippen MR) is 70.9 cm³/mol. The number of halogens is 1. The molecule has 0 radical (unpaired) electrons. The number of rotatable bonds is 5. The normalized spacial score (nSPS) is 15.0. The smallest absolute Gasteiger partial charge is 0.228 e. The van der Waals surface area contributed by atoms with Crippen LogP contribution < -0.4 is 10.1 Å². The van der Waals surface area contributed by atoms with E-state index in [1.54, 1.807) is 17.0 Å². The van der Waals surface area contributed by atoms with Crippen molar-refractivity contribution in [1.29, 1.82) is 0 Å². The van der Waals surface area contributed by atoms with E-state index in [1.165, 1.54) is 0 Å². The van der Waals surface area contributed by atoms with E-state index in [4.69, 9.17) is 16.3 Å². The maximum absolute atomic E-state index is 11.8. The van der Waals surface area contributed by atoms with Gasteiger partial charge in [-0.1, -0.05) is 17.7 Å². The molecule has 1 aliphatic rings. The summed E-state index contributed by atoms with van der Waals surface area (Å²) in [6.45, 7) is 2.64. The van der Waals surface area contributed by atoms with Gasteiger partial charge in [0.05, 0.1) is 12.5 Å². The van der Waals surface area contributed by atoms with Crippen molar-refractivity contribution in [2.75, 3.05) is 33.3 Å². The molecule has 1 fully saturated rings. The quantitative estimate of drug-likeness (QED) is 0.878. The molecule has 1 heterocycles. The van der Waals surface area contributed by atoms with Gasteiger partial charge < -0.3 is 15.0 Å². The van der Waals surface area contributed by atoms with Gasteiger partial charge in [-0.15, -0.1) is 0 Å². The van der Waals surface area contributed by atoms with E-state index < -0.39 is 0 Å². The molecule has 1 aromatic rings. The van der Waals surface area contributed by atoms with E-state index in [1.807, 2.05) is 19.2 Å². The van der Waals surface area contributed by atoms with Crippen molar-refractivity contribution >= 4 is 17.5 Å². The van der Waals surface area contributed by atoms with E-state index in [0.717, 1.165) is 18.8 Å². The number of benzene rings is 1. The Morgan fingerprint density at radius 1 is 1.56 bits per heavy atom. The van der Waals surface area contributed by atoms with Crippen molar-refractivity contribution < 1.29 is 9.53 Å². The average Bonchev–Trinajstić information content (AvgIpc) is 2.26. The Morgan fingerprint density at radius 3 is 2.94 bits per heavy atom. The highest BCUT2D eigenvalue weighted by molar-refractivity contribution is 6.30. The third kappa shape index (κ3) is 3.37. The third-order valence-electron chi connectivity index (χ3n) is 3.00. The molecule has 1 N–H and O–H groups in total. The van der Waals surface area contributed by atoms with Gasteiger partial charge in [-0.25, -0.2) is 0 Å². The summed E-state index contributed by atoms with van der Waals surface area (Å²) in [6.07, 6.45) is 0. The molecule has 5 heteroatoms. The van der Waals surface area contributed by atoms with Crippen LogP contribution in [0.25, 0.3) is 0 Å². The van der Waals surface area contributed by atoms with E-state index in [2.05, 4.69) is 5.32 Å². The summed E-state index contributed by atoms with van der Waals surface area (Å²) in [5.74, 6) is 1.05. The van der Waals surface area contributed by atoms with Crippen LogP contribution >= 0.6 is 11.6 Å². The molecule has 18 heavy (non-hydrogen) atoms. The van der Waals surface area contributed by atoms with Crippen LogP contribution in [0.15, 0.2) is 24.3 Å². The standard InChI is InChI=1S/C13H17ClN2O2/c1-16(13(17)10-8-15-9-10)5-6-18-12-4-2-3-11(14)7-12/h2-4,7,10,15H,5-6,8-9H2,1H3. The van der Waals surface area contributed by atoms with Gasteiger partial charge in [-0.05, 0) is 18.2 Å². The Morgan fingerprint density at radius 2 is 2.33 bits per heavy atom. The molecule has 0 unspecified atom stereocenters. The lowest BCUT2D eigenvalue weighted by Crippen LogP contribution is -2.51. The van der Waals surface area contributed by atoms with Crippen LogP contribution in [-0.4, -0.2) is 44.1 Å². The fourth-order valence-corrected chi connectivity index (χ4v) is 1.92. The number of hydrogen-bond acceptors (Lipinski definition) is 3. The topological polar surface area (TPSA) is 41.6 Å². The Balaban J connectivity index is 1.73. The highest BCUT2D eigenvalue weighted by atomic mass is 35.5. The minimum absolute atomic E-state index is 0.140. The first-order valence-corrected chi connectivity index (χ1v) is 6.38. The van der Waals surface area contributed by atoms with Gasteiger partial charge in [0.2, 0.25) is 5.91 Å². The number of ether oxygens (including phenoxy) is 1. The molecule has 1 aromatic carbocycles. The molecule has 0 bridgehead atoms. The van der Waals surface area contributed by atoms with Gasteiger partial charge in [-0.2, -0.15) is 0 Å². The largest absolute Gasteiger partial charge is 0.492 e. The SMILES string of the molecule is CN(CCOc1cccc(Cl)c1)C(=O)C1CNC1.